The zero-order chi connectivity index (χ0) is 16.2. The maximum absolute atomic E-state index is 12.0. The summed E-state index contributed by atoms with van der Waals surface area (Å²) in [6.45, 7) is 5.68. The topological polar surface area (TPSA) is 58.1 Å². The number of carbonyl (C=O) groups excluding carboxylic acids is 1. The van der Waals surface area contributed by atoms with Crippen molar-refractivity contribution >= 4 is 17.5 Å². The Kier molecular flexibility index (Phi) is 4.55. The summed E-state index contributed by atoms with van der Waals surface area (Å²) in [6, 6.07) is 8.34. The molecule has 0 fully saturated rings. The van der Waals surface area contributed by atoms with Gasteiger partial charge in [0.2, 0.25) is 5.95 Å². The molecule has 0 unspecified atom stereocenters. The molecule has 0 radical (unpaired) electrons. The van der Waals surface area contributed by atoms with Crippen LogP contribution in [0.5, 0.6) is 0 Å². The Morgan fingerprint density at radius 2 is 2.00 bits per heavy atom. The van der Waals surface area contributed by atoms with E-state index in [9.17, 15) is 4.79 Å². The van der Waals surface area contributed by atoms with Crippen molar-refractivity contribution in [2.45, 2.75) is 26.7 Å². The van der Waals surface area contributed by atoms with E-state index in [1.807, 2.05) is 6.07 Å². The van der Waals surface area contributed by atoms with E-state index in [1.54, 1.807) is 12.4 Å². The smallest absolute Gasteiger partial charge is 0.254 e. The number of hydrogen-bond acceptors (Lipinski definition) is 4. The van der Waals surface area contributed by atoms with E-state index >= 15 is 0 Å². The quantitative estimate of drug-likeness (QED) is 0.943. The third kappa shape index (κ3) is 3.50. The summed E-state index contributed by atoms with van der Waals surface area (Å²) in [7, 11) is 0. The first-order chi connectivity index (χ1) is 11.1. The summed E-state index contributed by atoms with van der Waals surface area (Å²) in [5.74, 6) is 0.950. The Morgan fingerprint density at radius 1 is 1.26 bits per heavy atom. The molecule has 0 saturated heterocycles. The third-order valence-corrected chi connectivity index (χ3v) is 3.92. The molecule has 2 aromatic rings. The van der Waals surface area contributed by atoms with Crippen molar-refractivity contribution in [1.29, 1.82) is 0 Å². The van der Waals surface area contributed by atoms with Crippen molar-refractivity contribution < 1.29 is 4.79 Å². The van der Waals surface area contributed by atoms with E-state index in [2.05, 4.69) is 52.2 Å². The van der Waals surface area contributed by atoms with Gasteiger partial charge in [0.05, 0.1) is 5.56 Å². The molecule has 23 heavy (non-hydrogen) atoms. The molecule has 0 spiro atoms. The van der Waals surface area contributed by atoms with Crippen molar-refractivity contribution in [1.82, 2.24) is 15.3 Å². The van der Waals surface area contributed by atoms with Gasteiger partial charge in [0.15, 0.2) is 0 Å². The van der Waals surface area contributed by atoms with Crippen LogP contribution in [-0.4, -0.2) is 29.0 Å². The van der Waals surface area contributed by atoms with Crippen molar-refractivity contribution in [3.8, 4) is 0 Å². The Labute approximate surface area is 136 Å². The zero-order valence-corrected chi connectivity index (χ0v) is 13.6. The number of rotatable bonds is 4. The number of benzene rings is 1. The number of aryl methyl sites for hydroxylation is 1. The molecule has 1 aromatic heterocycles. The van der Waals surface area contributed by atoms with Crippen molar-refractivity contribution in [2.75, 3.05) is 18.0 Å². The van der Waals surface area contributed by atoms with Crippen LogP contribution < -0.4 is 10.2 Å². The van der Waals surface area contributed by atoms with Gasteiger partial charge in [0.1, 0.15) is 0 Å². The molecule has 3 rings (SSSR count). The predicted octanol–water partition coefficient (Wildman–Crippen LogP) is 2.95. The van der Waals surface area contributed by atoms with E-state index in [1.165, 1.54) is 5.56 Å². The minimum absolute atomic E-state index is 0.121. The van der Waals surface area contributed by atoms with Gasteiger partial charge in [-0.1, -0.05) is 32.0 Å². The average Bonchev–Trinajstić information content (AvgIpc) is 2.59. The molecule has 1 aliphatic rings. The molecule has 1 N–H and O–H groups in total. The number of anilines is 2. The van der Waals surface area contributed by atoms with E-state index in [0.29, 0.717) is 24.0 Å². The fraction of sp³-hybridized carbons (Fsp3) is 0.389. The number of fused-ring (bicyclic) bond motifs is 1. The van der Waals surface area contributed by atoms with Crippen LogP contribution in [0.25, 0.3) is 0 Å². The normalized spacial score (nSPS) is 13.8. The van der Waals surface area contributed by atoms with Gasteiger partial charge in [-0.3, -0.25) is 4.79 Å². The van der Waals surface area contributed by atoms with E-state index in [4.69, 9.17) is 0 Å². The van der Waals surface area contributed by atoms with Gasteiger partial charge >= 0.3 is 0 Å². The Bertz CT molecular complexity index is 682. The van der Waals surface area contributed by atoms with Gasteiger partial charge in [-0.25, -0.2) is 9.97 Å². The maximum Gasteiger partial charge on any atom is 0.254 e. The van der Waals surface area contributed by atoms with Gasteiger partial charge in [0.25, 0.3) is 5.91 Å². The molecule has 2 heterocycles. The molecular weight excluding hydrogens is 288 g/mol. The summed E-state index contributed by atoms with van der Waals surface area (Å²) in [5, 5.41) is 2.88. The van der Waals surface area contributed by atoms with Crippen molar-refractivity contribution in [2.24, 2.45) is 5.92 Å². The zero-order valence-electron chi connectivity index (χ0n) is 13.6. The maximum atomic E-state index is 12.0. The lowest BCUT2D eigenvalue weighted by molar-refractivity contribution is 0.0948. The summed E-state index contributed by atoms with van der Waals surface area (Å²) < 4.78 is 0. The van der Waals surface area contributed by atoms with Gasteiger partial charge < -0.3 is 10.2 Å². The largest absolute Gasteiger partial charge is 0.352 e. The first kappa shape index (κ1) is 15.5. The van der Waals surface area contributed by atoms with E-state index < -0.39 is 0 Å². The number of carbonyl (C=O) groups is 1. The van der Waals surface area contributed by atoms with E-state index in [0.717, 1.165) is 25.1 Å². The van der Waals surface area contributed by atoms with Gasteiger partial charge in [-0.2, -0.15) is 0 Å². The van der Waals surface area contributed by atoms with Crippen LogP contribution in [0.4, 0.5) is 11.6 Å². The van der Waals surface area contributed by atoms with Gasteiger partial charge in [0, 0.05) is 31.2 Å². The minimum Gasteiger partial charge on any atom is -0.352 e. The van der Waals surface area contributed by atoms with Crippen LogP contribution in [-0.2, 0) is 6.42 Å². The molecule has 0 saturated carbocycles. The van der Waals surface area contributed by atoms with Gasteiger partial charge in [-0.05, 0) is 30.4 Å². The SMILES string of the molecule is CC(C)CNC(=O)c1cnc(N2CCCc3ccccc32)nc1. The fourth-order valence-electron chi connectivity index (χ4n) is 2.72. The lowest BCUT2D eigenvalue weighted by Crippen LogP contribution is -2.28. The number of para-hydroxylation sites is 1. The highest BCUT2D eigenvalue weighted by Crippen LogP contribution is 2.30. The Hall–Kier alpha value is -2.43. The first-order valence-corrected chi connectivity index (χ1v) is 8.11. The minimum atomic E-state index is -0.121. The molecule has 5 nitrogen and oxygen atoms in total. The van der Waals surface area contributed by atoms with E-state index in [-0.39, 0.29) is 5.91 Å². The number of hydrogen-bond donors (Lipinski definition) is 1. The molecule has 1 amide bonds. The summed E-state index contributed by atoms with van der Waals surface area (Å²) in [6.07, 6.45) is 5.38. The van der Waals surface area contributed by atoms with Crippen LogP contribution >= 0.6 is 0 Å². The molecule has 0 atom stereocenters. The van der Waals surface area contributed by atoms with Crippen molar-refractivity contribution in [3.63, 3.8) is 0 Å². The second-order valence-corrected chi connectivity index (χ2v) is 6.26. The fourth-order valence-corrected chi connectivity index (χ4v) is 2.72. The number of nitrogens with one attached hydrogen (secondary N) is 1. The van der Waals surface area contributed by atoms with Gasteiger partial charge in [-0.15, -0.1) is 0 Å². The molecule has 0 aliphatic carbocycles. The highest BCUT2D eigenvalue weighted by molar-refractivity contribution is 5.93. The second-order valence-electron chi connectivity index (χ2n) is 6.26. The summed E-state index contributed by atoms with van der Waals surface area (Å²) in [4.78, 5) is 23.0. The van der Waals surface area contributed by atoms with Crippen molar-refractivity contribution in [3.05, 3.63) is 47.8 Å². The molecule has 5 heteroatoms. The highest BCUT2D eigenvalue weighted by Gasteiger charge is 2.20. The van der Waals surface area contributed by atoms with Crippen LogP contribution in [0.15, 0.2) is 36.7 Å². The number of amides is 1. The number of nitrogens with zero attached hydrogens (tertiary/aromatic N) is 3. The third-order valence-electron chi connectivity index (χ3n) is 3.92. The Morgan fingerprint density at radius 3 is 2.74 bits per heavy atom. The average molecular weight is 310 g/mol. The highest BCUT2D eigenvalue weighted by atomic mass is 16.1. The molecule has 1 aliphatic heterocycles. The molecule has 1 aromatic carbocycles. The van der Waals surface area contributed by atoms with Crippen LogP contribution in [0.2, 0.25) is 0 Å². The molecular formula is C18H22N4O. The lowest BCUT2D eigenvalue weighted by atomic mass is 10.0. The number of aromatic nitrogens is 2. The summed E-state index contributed by atoms with van der Waals surface area (Å²) in [5.41, 5.74) is 2.98. The second kappa shape index (κ2) is 6.77. The Balaban J connectivity index is 1.77. The summed E-state index contributed by atoms with van der Waals surface area (Å²) >= 11 is 0. The monoisotopic (exact) mass is 310 g/mol. The van der Waals surface area contributed by atoms with Crippen LogP contribution in [0, 0.1) is 5.92 Å². The lowest BCUT2D eigenvalue weighted by Gasteiger charge is -2.29. The standard InChI is InChI=1S/C18H22N4O/c1-13(2)10-19-17(23)15-11-20-18(21-12-15)22-9-5-7-14-6-3-4-8-16(14)22/h3-4,6,8,11-13H,5,7,9-10H2,1-2H3,(H,19,23). The predicted molar refractivity (Wildman–Crippen MR) is 91.0 cm³/mol. The first-order valence-electron chi connectivity index (χ1n) is 8.11. The van der Waals surface area contributed by atoms with Crippen LogP contribution in [0.3, 0.4) is 0 Å². The molecule has 0 bridgehead atoms. The van der Waals surface area contributed by atoms with Crippen LogP contribution in [0.1, 0.15) is 36.2 Å². The molecule has 120 valence electrons.